The van der Waals surface area contributed by atoms with E-state index in [9.17, 15) is 20.1 Å². The van der Waals surface area contributed by atoms with Crippen LogP contribution in [0, 0.1) is 0 Å². The highest BCUT2D eigenvalue weighted by molar-refractivity contribution is 8.18. The van der Waals surface area contributed by atoms with Crippen molar-refractivity contribution < 1.29 is 34.3 Å². The minimum Gasteiger partial charge on any atom is -0.502 e. The number of unbranched alkanes of at least 4 members (excludes halogenated alkanes) is 7. The molecule has 0 amide bonds. The van der Waals surface area contributed by atoms with E-state index >= 15 is 0 Å². The summed E-state index contributed by atoms with van der Waals surface area (Å²) in [4.78, 5) is 12.2. The molecule has 2 atom stereocenters. The molecule has 0 spiro atoms. The van der Waals surface area contributed by atoms with Crippen LogP contribution >= 0.6 is 23.5 Å². The van der Waals surface area contributed by atoms with E-state index in [-0.39, 0.29) is 22.7 Å². The average Bonchev–Trinajstić information content (AvgIpc) is 2.91. The molecule has 224 valence electrons. The molecule has 0 aliphatic carbocycles. The fraction of sp³-hybridized carbons (Fsp3) is 0.767. The quantitative estimate of drug-likeness (QED) is 0.117. The van der Waals surface area contributed by atoms with Gasteiger partial charge in [-0.3, -0.25) is 4.79 Å². The van der Waals surface area contributed by atoms with Crippen LogP contribution in [0.15, 0.2) is 12.1 Å². The van der Waals surface area contributed by atoms with Crippen molar-refractivity contribution in [2.24, 2.45) is 0 Å². The summed E-state index contributed by atoms with van der Waals surface area (Å²) in [6.07, 6.45) is 11.1. The highest BCUT2D eigenvalue weighted by atomic mass is 32.2. The number of aliphatic hydroxyl groups excluding tert-OH is 2. The van der Waals surface area contributed by atoms with E-state index in [4.69, 9.17) is 14.2 Å². The molecule has 1 aromatic rings. The van der Waals surface area contributed by atoms with Crippen LogP contribution in [0.25, 0.3) is 0 Å². The number of methoxy groups -OCH3 is 2. The maximum absolute atomic E-state index is 12.2. The second kappa shape index (κ2) is 18.9. The molecule has 1 saturated heterocycles. The van der Waals surface area contributed by atoms with E-state index in [1.807, 2.05) is 35.7 Å². The summed E-state index contributed by atoms with van der Waals surface area (Å²) in [5.74, 6) is 2.38. The lowest BCUT2D eigenvalue weighted by Gasteiger charge is -2.38. The van der Waals surface area contributed by atoms with E-state index in [1.165, 1.54) is 52.7 Å². The first kappa shape index (κ1) is 33.9. The number of esters is 1. The summed E-state index contributed by atoms with van der Waals surface area (Å²) < 4.78 is 15.7. The number of ether oxygens (including phenoxy) is 3. The molecule has 0 aromatic heterocycles. The number of rotatable bonds is 20. The zero-order valence-corrected chi connectivity index (χ0v) is 25.8. The third kappa shape index (κ3) is 12.8. The van der Waals surface area contributed by atoms with E-state index < -0.39 is 18.2 Å². The van der Waals surface area contributed by atoms with Gasteiger partial charge in [-0.1, -0.05) is 51.9 Å². The van der Waals surface area contributed by atoms with Gasteiger partial charge in [0.2, 0.25) is 5.75 Å². The van der Waals surface area contributed by atoms with Gasteiger partial charge in [0, 0.05) is 0 Å². The van der Waals surface area contributed by atoms with Crippen molar-refractivity contribution in [2.75, 3.05) is 32.3 Å². The molecule has 0 radical (unpaired) electrons. The summed E-state index contributed by atoms with van der Waals surface area (Å²) in [7, 11) is 3.03. The summed E-state index contributed by atoms with van der Waals surface area (Å²) in [6, 6.07) is 3.65. The first-order valence-corrected chi connectivity index (χ1v) is 16.5. The van der Waals surface area contributed by atoms with Gasteiger partial charge in [0.25, 0.3) is 0 Å². The monoisotopic (exact) mass is 586 g/mol. The molecule has 7 nitrogen and oxygen atoms in total. The number of phenols is 1. The summed E-state index contributed by atoms with van der Waals surface area (Å²) in [5.41, 5.74) is 0.987. The van der Waals surface area contributed by atoms with Gasteiger partial charge >= 0.3 is 5.97 Å². The van der Waals surface area contributed by atoms with Gasteiger partial charge in [-0.2, -0.15) is 0 Å². The van der Waals surface area contributed by atoms with Crippen LogP contribution in [0.1, 0.15) is 96.0 Å². The maximum Gasteiger partial charge on any atom is 0.308 e. The number of carbonyl (C=O) groups is 1. The first-order valence-electron chi connectivity index (χ1n) is 14.6. The SMILES string of the molecule is CCCCCCCCCCOC(=O)C[C@H](O)C[C@H](O)CC1(CCc2cc(OC)c(O)c(OC)c2)SCCCS1. The molecule has 0 saturated carbocycles. The summed E-state index contributed by atoms with van der Waals surface area (Å²) >= 11 is 3.73. The van der Waals surface area contributed by atoms with Gasteiger partial charge < -0.3 is 29.5 Å². The van der Waals surface area contributed by atoms with E-state index in [0.29, 0.717) is 24.5 Å². The second-order valence-corrected chi connectivity index (χ2v) is 13.7. The Morgan fingerprint density at radius 2 is 1.54 bits per heavy atom. The maximum atomic E-state index is 12.2. The van der Waals surface area contributed by atoms with Crippen molar-refractivity contribution >= 4 is 29.5 Å². The number of aromatic hydroxyl groups is 1. The number of hydrogen-bond donors (Lipinski definition) is 3. The minimum absolute atomic E-state index is 0.0133. The number of carbonyl (C=O) groups excluding carboxylic acids is 1. The topological polar surface area (TPSA) is 105 Å². The zero-order chi connectivity index (χ0) is 28.5. The molecule has 2 rings (SSSR count). The molecule has 1 aliphatic rings. The Kier molecular flexibility index (Phi) is 16.5. The standard InChI is InChI=1S/C30H50O7S2/c1-4-5-6-7-8-9-10-11-15-37-28(33)21-24(31)20-25(32)22-30(38-16-12-17-39-30)14-13-23-18-26(35-2)29(34)27(19-23)36-3/h18-19,24-25,31-32,34H,4-17,20-22H2,1-3H3/t24-,25+/m1/s1. The zero-order valence-electron chi connectivity index (χ0n) is 24.1. The highest BCUT2D eigenvalue weighted by Crippen LogP contribution is 2.49. The summed E-state index contributed by atoms with van der Waals surface area (Å²) in [6.45, 7) is 2.61. The van der Waals surface area contributed by atoms with E-state index in [1.54, 1.807) is 0 Å². The molecular formula is C30H50O7S2. The van der Waals surface area contributed by atoms with Gasteiger partial charge in [0.15, 0.2) is 11.5 Å². The predicted octanol–water partition coefficient (Wildman–Crippen LogP) is 6.48. The Bertz CT molecular complexity index is 805. The lowest BCUT2D eigenvalue weighted by Crippen LogP contribution is -2.33. The molecule has 1 aromatic carbocycles. The summed E-state index contributed by atoms with van der Waals surface area (Å²) in [5, 5.41) is 31.6. The lowest BCUT2D eigenvalue weighted by molar-refractivity contribution is -0.146. The van der Waals surface area contributed by atoms with Crippen LogP contribution in [0.5, 0.6) is 17.2 Å². The fourth-order valence-corrected chi connectivity index (χ4v) is 8.37. The van der Waals surface area contributed by atoms with Crippen molar-refractivity contribution in [3.8, 4) is 17.2 Å². The van der Waals surface area contributed by atoms with Gasteiger partial charge in [-0.25, -0.2) is 0 Å². The molecule has 3 N–H and O–H groups in total. The molecule has 9 heteroatoms. The van der Waals surface area contributed by atoms with Crippen molar-refractivity contribution in [1.82, 2.24) is 0 Å². The first-order chi connectivity index (χ1) is 18.8. The number of aryl methyl sites for hydroxylation is 1. The smallest absolute Gasteiger partial charge is 0.308 e. The van der Waals surface area contributed by atoms with E-state index in [2.05, 4.69) is 6.92 Å². The molecule has 0 unspecified atom stereocenters. The second-order valence-electron chi connectivity index (χ2n) is 10.5. The fourth-order valence-electron chi connectivity index (χ4n) is 4.92. The van der Waals surface area contributed by atoms with Crippen LogP contribution < -0.4 is 9.47 Å². The van der Waals surface area contributed by atoms with Crippen LogP contribution in [0.2, 0.25) is 0 Å². The van der Waals surface area contributed by atoms with E-state index in [0.717, 1.165) is 49.2 Å². The van der Waals surface area contributed by atoms with Crippen LogP contribution in [0.4, 0.5) is 0 Å². The van der Waals surface area contributed by atoms with Crippen LogP contribution in [-0.2, 0) is 16.0 Å². The number of benzene rings is 1. The van der Waals surface area contributed by atoms with Gasteiger partial charge in [0.05, 0.1) is 43.5 Å². The normalized spacial score (nSPS) is 16.4. The third-order valence-corrected chi connectivity index (χ3v) is 10.6. The van der Waals surface area contributed by atoms with Crippen molar-refractivity contribution in [3.63, 3.8) is 0 Å². The average molecular weight is 587 g/mol. The number of hydrogen-bond acceptors (Lipinski definition) is 9. The van der Waals surface area contributed by atoms with Gasteiger partial charge in [-0.15, -0.1) is 23.5 Å². The Morgan fingerprint density at radius 3 is 2.13 bits per heavy atom. The molecule has 0 bridgehead atoms. The molecule has 1 fully saturated rings. The molecule has 1 heterocycles. The molecule has 1 aliphatic heterocycles. The van der Waals surface area contributed by atoms with Gasteiger partial charge in [0.1, 0.15) is 0 Å². The van der Waals surface area contributed by atoms with Crippen molar-refractivity contribution in [2.45, 2.75) is 113 Å². The Labute approximate surface area is 243 Å². The van der Waals surface area contributed by atoms with Crippen molar-refractivity contribution in [1.29, 1.82) is 0 Å². The molecular weight excluding hydrogens is 536 g/mol. The lowest BCUT2D eigenvalue weighted by atomic mass is 10.00. The Morgan fingerprint density at radius 1 is 0.949 bits per heavy atom. The largest absolute Gasteiger partial charge is 0.502 e. The molecule has 39 heavy (non-hydrogen) atoms. The Hall–Kier alpha value is -1.29. The third-order valence-electron chi connectivity index (χ3n) is 7.11. The number of phenolic OH excluding ortho intramolecular Hbond substituents is 1. The van der Waals surface area contributed by atoms with Gasteiger partial charge in [-0.05, 0) is 67.7 Å². The Balaban J connectivity index is 1.77. The highest BCUT2D eigenvalue weighted by Gasteiger charge is 2.36. The number of thioether (sulfide) groups is 2. The van der Waals surface area contributed by atoms with Crippen LogP contribution in [0.3, 0.4) is 0 Å². The predicted molar refractivity (Wildman–Crippen MR) is 161 cm³/mol. The minimum atomic E-state index is -0.924. The van der Waals surface area contributed by atoms with Crippen LogP contribution in [-0.4, -0.2) is 69.9 Å². The number of aliphatic hydroxyl groups is 2. The van der Waals surface area contributed by atoms with Crippen molar-refractivity contribution in [3.05, 3.63) is 17.7 Å².